The van der Waals surface area contributed by atoms with Gasteiger partial charge in [0.2, 0.25) is 5.91 Å². The Morgan fingerprint density at radius 1 is 1.27 bits per heavy atom. The summed E-state index contributed by atoms with van der Waals surface area (Å²) >= 11 is 2.72. The molecule has 0 saturated carbocycles. The molecule has 1 aromatic heterocycles. The zero-order chi connectivity index (χ0) is 29.1. The number of nitrogens with zero attached hydrogens (tertiary/aromatic N) is 4. The van der Waals surface area contributed by atoms with Crippen LogP contribution in [0.4, 0.5) is 5.69 Å². The first-order valence-electron chi connectivity index (χ1n) is 12.1. The summed E-state index contributed by atoms with van der Waals surface area (Å²) in [7, 11) is 0. The number of amides is 2. The number of ether oxygens (including phenoxy) is 1. The average Bonchev–Trinajstić information content (AvgIpc) is 3.51. The van der Waals surface area contributed by atoms with Crippen LogP contribution in [0.1, 0.15) is 17.2 Å². The minimum absolute atomic E-state index is 0.0297. The van der Waals surface area contributed by atoms with Crippen molar-refractivity contribution in [2.24, 2.45) is 5.73 Å². The summed E-state index contributed by atoms with van der Waals surface area (Å²) in [4.78, 5) is 51.2. The Balaban J connectivity index is 1.31. The number of phenols is 1. The third-order valence-corrected chi connectivity index (χ3v) is 8.70. The van der Waals surface area contributed by atoms with Crippen molar-refractivity contribution in [2.75, 3.05) is 11.5 Å². The fourth-order valence-electron chi connectivity index (χ4n) is 4.21. The van der Waals surface area contributed by atoms with E-state index in [4.69, 9.17) is 10.5 Å². The van der Waals surface area contributed by atoms with E-state index in [0.29, 0.717) is 33.2 Å². The molecule has 0 bridgehead atoms. The molecule has 5 rings (SSSR count). The third kappa shape index (κ3) is 6.03. The number of nitrogens with two attached hydrogens (primary N) is 1. The van der Waals surface area contributed by atoms with E-state index in [1.54, 1.807) is 0 Å². The van der Waals surface area contributed by atoms with Crippen molar-refractivity contribution >= 4 is 47.0 Å². The summed E-state index contributed by atoms with van der Waals surface area (Å²) in [6.45, 7) is -0.161. The number of aromatic nitrogens is 3. The van der Waals surface area contributed by atoms with Crippen molar-refractivity contribution in [2.45, 2.75) is 29.1 Å². The number of aromatic amines is 1. The number of nitro benzene ring substituents is 1. The van der Waals surface area contributed by atoms with E-state index in [9.17, 15) is 29.6 Å². The number of phenolic OH excluding ortho intramolecular Hbond substituents is 1. The molecule has 1 unspecified atom stereocenters. The molecule has 2 aromatic carbocycles. The topological polar surface area (TPSA) is 207 Å². The van der Waals surface area contributed by atoms with Gasteiger partial charge in [0.25, 0.3) is 11.6 Å². The minimum atomic E-state index is -1.07. The van der Waals surface area contributed by atoms with Gasteiger partial charge >= 0.3 is 5.97 Å². The molecule has 16 heteroatoms. The monoisotopic (exact) mass is 597 g/mol. The Hall–Kier alpha value is -4.41. The van der Waals surface area contributed by atoms with Gasteiger partial charge < -0.3 is 20.9 Å². The lowest BCUT2D eigenvalue weighted by Crippen LogP contribution is -2.71. The van der Waals surface area contributed by atoms with Crippen molar-refractivity contribution < 1.29 is 29.2 Å². The predicted molar refractivity (Wildman–Crippen MR) is 147 cm³/mol. The molecule has 3 atom stereocenters. The Labute approximate surface area is 240 Å². The van der Waals surface area contributed by atoms with Crippen molar-refractivity contribution in [3.63, 3.8) is 0 Å². The maximum Gasteiger partial charge on any atom is 0.355 e. The number of hydrogen-bond acceptors (Lipinski definition) is 12. The van der Waals surface area contributed by atoms with E-state index in [-0.39, 0.29) is 23.7 Å². The Kier molecular flexibility index (Phi) is 8.23. The number of carbonyl (C=O) groups excluding carboxylic acids is 3. The molecule has 5 N–H and O–H groups in total. The zero-order valence-electron chi connectivity index (χ0n) is 21.1. The normalized spacial score (nSPS) is 18.8. The van der Waals surface area contributed by atoms with Crippen molar-refractivity contribution in [1.29, 1.82) is 0 Å². The number of nitro groups is 1. The molecule has 212 valence electrons. The SMILES string of the molecule is N[C@@H](C(=O)NC1C(=O)N2C(C(=O)OCc3ccc([N+](=O)[O-])cc3)=C(CSc3cn[nH]n3)CS[C@H]12)c1ccc(O)cc1. The number of carbonyl (C=O) groups is 3. The molecule has 1 fully saturated rings. The van der Waals surface area contributed by atoms with Gasteiger partial charge in [0.05, 0.1) is 11.1 Å². The highest BCUT2D eigenvalue weighted by Crippen LogP contribution is 2.42. The lowest BCUT2D eigenvalue weighted by Gasteiger charge is -2.49. The smallest absolute Gasteiger partial charge is 0.355 e. The number of H-pyrrole nitrogens is 1. The second kappa shape index (κ2) is 12.0. The molecule has 2 amide bonds. The van der Waals surface area contributed by atoms with E-state index in [0.717, 1.165) is 0 Å². The standard InChI is InChI=1S/C25H23N7O7S2/c26-19(14-3-7-17(33)8-4-14)22(34)28-20-23(35)31-21(15(12-41-24(20)31)11-40-18-9-27-30-29-18)25(36)39-10-13-1-5-16(6-2-13)32(37)38/h1-9,19-20,24,33H,10-12,26H2,(H,28,34)(H,27,29,30)/t19-,20?,24-/m1/s1. The number of β-lactam (4-membered cyclic amide) rings is 1. The number of thioether (sulfide) groups is 2. The van der Waals surface area contributed by atoms with Gasteiger partial charge in [0, 0.05) is 23.6 Å². The van der Waals surface area contributed by atoms with E-state index in [2.05, 4.69) is 20.7 Å². The number of nitrogens with one attached hydrogen (secondary N) is 2. The van der Waals surface area contributed by atoms with Crippen LogP contribution in [0.15, 0.2) is 71.0 Å². The van der Waals surface area contributed by atoms with Gasteiger partial charge in [0.1, 0.15) is 40.5 Å². The van der Waals surface area contributed by atoms with E-state index >= 15 is 0 Å². The second-order valence-electron chi connectivity index (χ2n) is 9.01. The first-order valence-corrected chi connectivity index (χ1v) is 14.2. The van der Waals surface area contributed by atoms with Crippen molar-refractivity contribution in [3.8, 4) is 5.75 Å². The lowest BCUT2D eigenvalue weighted by molar-refractivity contribution is -0.384. The molecule has 2 aliphatic rings. The van der Waals surface area contributed by atoms with Gasteiger partial charge in [-0.1, -0.05) is 23.9 Å². The summed E-state index contributed by atoms with van der Waals surface area (Å²) in [6.07, 6.45) is 1.54. The molecular weight excluding hydrogens is 574 g/mol. The van der Waals surface area contributed by atoms with Gasteiger partial charge in [-0.25, -0.2) is 4.79 Å². The number of fused-ring (bicyclic) bond motifs is 1. The lowest BCUT2D eigenvalue weighted by atomic mass is 10.0. The van der Waals surface area contributed by atoms with Crippen LogP contribution in [0.5, 0.6) is 5.75 Å². The number of benzene rings is 2. The highest BCUT2D eigenvalue weighted by atomic mass is 32.2. The maximum absolute atomic E-state index is 13.3. The molecule has 0 spiro atoms. The van der Waals surface area contributed by atoms with E-state index in [1.165, 1.54) is 83.2 Å². The van der Waals surface area contributed by atoms with Crippen LogP contribution in [-0.2, 0) is 25.7 Å². The fraction of sp³-hybridized carbons (Fsp3) is 0.240. The molecular formula is C25H23N7O7S2. The highest BCUT2D eigenvalue weighted by Gasteiger charge is 2.54. The van der Waals surface area contributed by atoms with Crippen LogP contribution in [0, 0.1) is 10.1 Å². The number of aromatic hydroxyl groups is 1. The van der Waals surface area contributed by atoms with Crippen molar-refractivity contribution in [1.82, 2.24) is 25.6 Å². The van der Waals surface area contributed by atoms with Crippen LogP contribution in [-0.4, -0.2) is 71.0 Å². The molecule has 0 radical (unpaired) electrons. The van der Waals surface area contributed by atoms with Crippen molar-refractivity contribution in [3.05, 3.63) is 87.2 Å². The van der Waals surface area contributed by atoms with E-state index < -0.39 is 40.2 Å². The number of rotatable bonds is 10. The number of esters is 1. The minimum Gasteiger partial charge on any atom is -0.508 e. The van der Waals surface area contributed by atoms with Gasteiger partial charge in [-0.3, -0.25) is 24.6 Å². The van der Waals surface area contributed by atoms with Crippen LogP contribution in [0.25, 0.3) is 0 Å². The highest BCUT2D eigenvalue weighted by molar-refractivity contribution is 8.01. The molecule has 14 nitrogen and oxygen atoms in total. The summed E-state index contributed by atoms with van der Waals surface area (Å²) in [5.74, 6) is -1.05. The molecule has 3 aromatic rings. The molecule has 3 heterocycles. The second-order valence-corrected chi connectivity index (χ2v) is 11.1. The first kappa shape index (κ1) is 28.1. The van der Waals surface area contributed by atoms with Gasteiger partial charge in [0.15, 0.2) is 0 Å². The number of hydrogen-bond donors (Lipinski definition) is 4. The summed E-state index contributed by atoms with van der Waals surface area (Å²) in [6, 6.07) is 9.47. The fourth-order valence-corrected chi connectivity index (χ4v) is 6.48. The predicted octanol–water partition coefficient (Wildman–Crippen LogP) is 1.61. The Morgan fingerprint density at radius 3 is 2.66 bits per heavy atom. The van der Waals surface area contributed by atoms with E-state index in [1.807, 2.05) is 0 Å². The summed E-state index contributed by atoms with van der Waals surface area (Å²) in [5, 5.41) is 33.4. The van der Waals surface area contributed by atoms with Crippen LogP contribution >= 0.6 is 23.5 Å². The van der Waals surface area contributed by atoms with Gasteiger partial charge in [-0.05, 0) is 41.0 Å². The first-order chi connectivity index (χ1) is 19.7. The van der Waals surface area contributed by atoms with Gasteiger partial charge in [-0.15, -0.1) is 16.9 Å². The maximum atomic E-state index is 13.3. The zero-order valence-corrected chi connectivity index (χ0v) is 22.8. The molecule has 1 saturated heterocycles. The third-order valence-electron chi connectivity index (χ3n) is 6.38. The van der Waals surface area contributed by atoms with Crippen LogP contribution in [0.3, 0.4) is 0 Å². The summed E-state index contributed by atoms with van der Waals surface area (Å²) in [5.41, 5.74) is 7.71. The molecule has 2 aliphatic heterocycles. The van der Waals surface area contributed by atoms with Crippen LogP contribution in [0.2, 0.25) is 0 Å². The quantitative estimate of drug-likeness (QED) is 0.0864. The molecule has 0 aliphatic carbocycles. The Morgan fingerprint density at radius 2 is 2.00 bits per heavy atom. The number of non-ortho nitro benzene ring substituents is 1. The largest absolute Gasteiger partial charge is 0.508 e. The summed E-state index contributed by atoms with van der Waals surface area (Å²) < 4.78 is 5.52. The van der Waals surface area contributed by atoms with Crippen LogP contribution < -0.4 is 11.1 Å². The van der Waals surface area contributed by atoms with Gasteiger partial charge in [-0.2, -0.15) is 10.3 Å². The molecule has 41 heavy (non-hydrogen) atoms. The average molecular weight is 598 g/mol. The Bertz CT molecular complexity index is 1500.